The van der Waals surface area contributed by atoms with Crippen molar-refractivity contribution in [1.29, 1.82) is 0 Å². The average molecular weight is 557 g/mol. The summed E-state index contributed by atoms with van der Waals surface area (Å²) in [7, 11) is 1.48. The average Bonchev–Trinajstić information content (AvgIpc) is 3.14. The lowest BCUT2D eigenvalue weighted by molar-refractivity contribution is -0.118. The molecule has 1 heterocycles. The number of thiocarbonyl (C=S) groups is 1. The van der Waals surface area contributed by atoms with E-state index < -0.39 is 11.7 Å². The van der Waals surface area contributed by atoms with Crippen molar-refractivity contribution >= 4 is 69.2 Å². The van der Waals surface area contributed by atoms with E-state index >= 15 is 0 Å². The van der Waals surface area contributed by atoms with E-state index in [0.29, 0.717) is 32.0 Å². The highest BCUT2D eigenvalue weighted by Gasteiger charge is 2.33. The molecule has 1 saturated heterocycles. The standard InChI is InChI=1S/C27H22ClFN2O4S2/c1-15-4-7-19(10-16(15)2)31-26(33)24(37-27(31)36)12-17-5-9-22(23(11-17)34-3)35-14-25(32)30-18-6-8-21(29)20(28)13-18/h4-13H,14H2,1-3H3,(H,30,32)/b24-12-. The van der Waals surface area contributed by atoms with Crippen molar-refractivity contribution < 1.29 is 23.5 Å². The summed E-state index contributed by atoms with van der Waals surface area (Å²) in [5, 5.41) is 2.49. The summed E-state index contributed by atoms with van der Waals surface area (Å²) in [6.45, 7) is 3.70. The molecule has 0 atom stereocenters. The number of anilines is 2. The van der Waals surface area contributed by atoms with Gasteiger partial charge in [-0.3, -0.25) is 14.5 Å². The molecular formula is C27H22ClFN2O4S2. The van der Waals surface area contributed by atoms with Crippen molar-refractivity contribution in [3.8, 4) is 11.5 Å². The first-order chi connectivity index (χ1) is 17.7. The molecular weight excluding hydrogens is 535 g/mol. The number of hydrogen-bond donors (Lipinski definition) is 1. The third-order valence-corrected chi connectivity index (χ3v) is 7.18. The third kappa shape index (κ3) is 6.12. The number of amides is 2. The van der Waals surface area contributed by atoms with Crippen LogP contribution < -0.4 is 19.7 Å². The number of halogens is 2. The number of carbonyl (C=O) groups is 2. The van der Waals surface area contributed by atoms with E-state index in [0.717, 1.165) is 22.9 Å². The molecule has 190 valence electrons. The molecule has 0 unspecified atom stereocenters. The van der Waals surface area contributed by atoms with Gasteiger partial charge in [-0.25, -0.2) is 4.39 Å². The highest BCUT2D eigenvalue weighted by Crippen LogP contribution is 2.37. The van der Waals surface area contributed by atoms with Crippen LogP contribution in [-0.4, -0.2) is 29.9 Å². The van der Waals surface area contributed by atoms with Crippen LogP contribution in [0.2, 0.25) is 5.02 Å². The van der Waals surface area contributed by atoms with E-state index in [-0.39, 0.29) is 17.5 Å². The van der Waals surface area contributed by atoms with Crippen LogP contribution in [0, 0.1) is 19.7 Å². The Labute approximate surface area is 228 Å². The zero-order valence-electron chi connectivity index (χ0n) is 20.1. The summed E-state index contributed by atoms with van der Waals surface area (Å²) in [4.78, 5) is 27.4. The van der Waals surface area contributed by atoms with Crippen LogP contribution in [0.25, 0.3) is 6.08 Å². The van der Waals surface area contributed by atoms with E-state index in [1.807, 2.05) is 32.0 Å². The summed E-state index contributed by atoms with van der Waals surface area (Å²) < 4.78 is 24.8. The number of nitrogens with zero attached hydrogens (tertiary/aromatic N) is 1. The normalized spacial score (nSPS) is 14.3. The highest BCUT2D eigenvalue weighted by atomic mass is 35.5. The van der Waals surface area contributed by atoms with E-state index in [2.05, 4.69) is 5.32 Å². The Morgan fingerprint density at radius 2 is 1.89 bits per heavy atom. The summed E-state index contributed by atoms with van der Waals surface area (Å²) in [5.41, 5.74) is 4.00. The number of aryl methyl sites for hydroxylation is 2. The molecule has 37 heavy (non-hydrogen) atoms. The van der Waals surface area contributed by atoms with E-state index in [9.17, 15) is 14.0 Å². The van der Waals surface area contributed by atoms with Gasteiger partial charge in [0.2, 0.25) is 0 Å². The van der Waals surface area contributed by atoms with E-state index in [1.54, 1.807) is 24.3 Å². The lowest BCUT2D eigenvalue weighted by Crippen LogP contribution is -2.27. The molecule has 0 aliphatic carbocycles. The maximum absolute atomic E-state index is 13.3. The minimum absolute atomic E-state index is 0.0955. The topological polar surface area (TPSA) is 67.9 Å². The molecule has 4 rings (SSSR count). The van der Waals surface area contributed by atoms with Crippen LogP contribution in [-0.2, 0) is 9.59 Å². The van der Waals surface area contributed by atoms with E-state index in [4.69, 9.17) is 33.3 Å². The maximum Gasteiger partial charge on any atom is 0.270 e. The number of benzene rings is 3. The third-order valence-electron chi connectivity index (χ3n) is 5.59. The van der Waals surface area contributed by atoms with Gasteiger partial charge in [-0.1, -0.05) is 47.7 Å². The first kappa shape index (κ1) is 26.7. The quantitative estimate of drug-likeness (QED) is 0.264. The van der Waals surface area contributed by atoms with E-state index in [1.165, 1.54) is 35.9 Å². The Balaban J connectivity index is 1.45. The summed E-state index contributed by atoms with van der Waals surface area (Å²) in [6, 6.07) is 14.8. The molecule has 0 aromatic heterocycles. The number of methoxy groups -OCH3 is 1. The van der Waals surface area contributed by atoms with Gasteiger partial charge in [0.1, 0.15) is 5.82 Å². The zero-order chi connectivity index (χ0) is 26.7. The second-order valence-electron chi connectivity index (χ2n) is 8.16. The second-order valence-corrected chi connectivity index (χ2v) is 10.2. The Bertz CT molecular complexity index is 1440. The smallest absolute Gasteiger partial charge is 0.270 e. The van der Waals surface area contributed by atoms with Crippen LogP contribution in [0.3, 0.4) is 0 Å². The van der Waals surface area contributed by atoms with Crippen molar-refractivity contribution in [2.24, 2.45) is 0 Å². The molecule has 0 saturated carbocycles. The van der Waals surface area contributed by atoms with Crippen LogP contribution in [0.1, 0.15) is 16.7 Å². The SMILES string of the molecule is COc1cc(/C=C2\SC(=S)N(c3ccc(C)c(C)c3)C2=O)ccc1OCC(=O)Nc1ccc(F)c(Cl)c1. The van der Waals surface area contributed by atoms with Crippen molar-refractivity contribution in [3.63, 3.8) is 0 Å². The molecule has 1 N–H and O–H groups in total. The van der Waals surface area contributed by atoms with Gasteiger partial charge in [-0.2, -0.15) is 0 Å². The van der Waals surface area contributed by atoms with Crippen LogP contribution in [0.15, 0.2) is 59.5 Å². The number of nitrogens with one attached hydrogen (secondary N) is 1. The Hall–Kier alpha value is -3.40. The van der Waals surface area contributed by atoms with Crippen molar-refractivity contribution in [2.75, 3.05) is 23.9 Å². The van der Waals surface area contributed by atoms with Crippen molar-refractivity contribution in [1.82, 2.24) is 0 Å². The van der Waals surface area contributed by atoms with Gasteiger partial charge in [0.25, 0.3) is 11.8 Å². The molecule has 0 radical (unpaired) electrons. The molecule has 1 aliphatic heterocycles. The lowest BCUT2D eigenvalue weighted by atomic mass is 10.1. The van der Waals surface area contributed by atoms with Gasteiger partial charge in [0, 0.05) is 5.69 Å². The van der Waals surface area contributed by atoms with Crippen molar-refractivity contribution in [2.45, 2.75) is 13.8 Å². The Morgan fingerprint density at radius 1 is 1.11 bits per heavy atom. The van der Waals surface area contributed by atoms with Crippen molar-refractivity contribution in [3.05, 3.63) is 87.0 Å². The number of thioether (sulfide) groups is 1. The fraction of sp³-hybridized carbons (Fsp3) is 0.148. The lowest BCUT2D eigenvalue weighted by Gasteiger charge is -2.16. The maximum atomic E-state index is 13.3. The Morgan fingerprint density at radius 3 is 2.59 bits per heavy atom. The van der Waals surface area contributed by atoms with Gasteiger partial charge in [0.05, 0.1) is 22.7 Å². The molecule has 3 aromatic carbocycles. The molecule has 3 aromatic rings. The Kier molecular flexibility index (Phi) is 8.16. The molecule has 1 fully saturated rings. The molecule has 1 aliphatic rings. The van der Waals surface area contributed by atoms with Crippen LogP contribution in [0.5, 0.6) is 11.5 Å². The first-order valence-electron chi connectivity index (χ1n) is 11.1. The van der Waals surface area contributed by atoms with Crippen LogP contribution >= 0.6 is 35.6 Å². The summed E-state index contributed by atoms with van der Waals surface area (Å²) in [6.07, 6.45) is 1.73. The fourth-order valence-electron chi connectivity index (χ4n) is 3.51. The van der Waals surface area contributed by atoms with Gasteiger partial charge in [-0.15, -0.1) is 0 Å². The summed E-state index contributed by atoms with van der Waals surface area (Å²) >= 11 is 12.4. The van der Waals surface area contributed by atoms with Crippen LogP contribution in [0.4, 0.5) is 15.8 Å². The number of carbonyl (C=O) groups excluding carboxylic acids is 2. The fourth-order valence-corrected chi connectivity index (χ4v) is 4.99. The monoisotopic (exact) mass is 556 g/mol. The first-order valence-corrected chi connectivity index (χ1v) is 12.7. The molecule has 2 amide bonds. The highest BCUT2D eigenvalue weighted by molar-refractivity contribution is 8.27. The van der Waals surface area contributed by atoms with Gasteiger partial charge >= 0.3 is 0 Å². The second kappa shape index (κ2) is 11.3. The molecule has 0 bridgehead atoms. The van der Waals surface area contributed by atoms with Gasteiger partial charge < -0.3 is 14.8 Å². The largest absolute Gasteiger partial charge is 0.493 e. The molecule has 6 nitrogen and oxygen atoms in total. The zero-order valence-corrected chi connectivity index (χ0v) is 22.5. The number of rotatable bonds is 7. The van der Waals surface area contributed by atoms with Gasteiger partial charge in [0.15, 0.2) is 22.4 Å². The molecule has 10 heteroatoms. The molecule has 0 spiro atoms. The predicted molar refractivity (Wildman–Crippen MR) is 150 cm³/mol. The minimum Gasteiger partial charge on any atom is -0.493 e. The summed E-state index contributed by atoms with van der Waals surface area (Å²) in [5.74, 6) is -0.502. The predicted octanol–water partition coefficient (Wildman–Crippen LogP) is 6.53. The number of hydrogen-bond acceptors (Lipinski definition) is 6. The van der Waals surface area contributed by atoms with Gasteiger partial charge in [-0.05, 0) is 79.1 Å². The minimum atomic E-state index is -0.576. The number of ether oxygens (including phenoxy) is 2.